The van der Waals surface area contributed by atoms with E-state index in [-0.39, 0.29) is 12.6 Å². The molecule has 0 heterocycles. The Kier molecular flexibility index (Phi) is 4.77. The first-order valence-corrected chi connectivity index (χ1v) is 6.60. The summed E-state index contributed by atoms with van der Waals surface area (Å²) in [6.07, 6.45) is 0.812. The van der Waals surface area contributed by atoms with E-state index in [4.69, 9.17) is 4.74 Å². The number of aliphatic hydroxyl groups excluding tert-OH is 1. The SMILES string of the molecule is CN(C)C(CO)CCOc1cccc2ccccc12. The number of ether oxygens (including phenoxy) is 1. The molecular weight excluding hydrogens is 238 g/mol. The van der Waals surface area contributed by atoms with E-state index in [1.807, 2.05) is 43.3 Å². The van der Waals surface area contributed by atoms with Crippen LogP contribution in [0.15, 0.2) is 42.5 Å². The predicted octanol–water partition coefficient (Wildman–Crippen LogP) is 2.53. The molecule has 0 saturated heterocycles. The summed E-state index contributed by atoms with van der Waals surface area (Å²) < 4.78 is 5.86. The zero-order chi connectivity index (χ0) is 13.7. The van der Waals surface area contributed by atoms with Crippen LogP contribution in [-0.2, 0) is 0 Å². The van der Waals surface area contributed by atoms with Gasteiger partial charge in [-0.15, -0.1) is 0 Å². The second kappa shape index (κ2) is 6.55. The van der Waals surface area contributed by atoms with Crippen molar-refractivity contribution in [3.05, 3.63) is 42.5 Å². The number of fused-ring (bicyclic) bond motifs is 1. The molecule has 0 aliphatic carbocycles. The van der Waals surface area contributed by atoms with E-state index in [2.05, 4.69) is 18.2 Å². The standard InChI is InChI=1S/C16H21NO2/c1-17(2)14(12-18)10-11-19-16-9-5-7-13-6-3-4-8-15(13)16/h3-9,14,18H,10-12H2,1-2H3. The van der Waals surface area contributed by atoms with Gasteiger partial charge < -0.3 is 14.7 Å². The van der Waals surface area contributed by atoms with Crippen molar-refractivity contribution in [1.82, 2.24) is 4.90 Å². The Morgan fingerprint density at radius 1 is 1.11 bits per heavy atom. The Balaban J connectivity index is 2.02. The highest BCUT2D eigenvalue weighted by Crippen LogP contribution is 2.25. The van der Waals surface area contributed by atoms with E-state index < -0.39 is 0 Å². The Bertz CT molecular complexity index is 520. The molecule has 0 fully saturated rings. The molecule has 1 atom stereocenters. The van der Waals surface area contributed by atoms with Crippen LogP contribution < -0.4 is 4.74 Å². The molecule has 2 rings (SSSR count). The van der Waals surface area contributed by atoms with Crippen molar-refractivity contribution in [2.24, 2.45) is 0 Å². The van der Waals surface area contributed by atoms with Crippen molar-refractivity contribution in [1.29, 1.82) is 0 Å². The van der Waals surface area contributed by atoms with Gasteiger partial charge in [-0.1, -0.05) is 36.4 Å². The van der Waals surface area contributed by atoms with Gasteiger partial charge in [-0.25, -0.2) is 0 Å². The van der Waals surface area contributed by atoms with E-state index in [1.54, 1.807) is 0 Å². The van der Waals surface area contributed by atoms with Crippen molar-refractivity contribution in [3.63, 3.8) is 0 Å². The lowest BCUT2D eigenvalue weighted by molar-refractivity contribution is 0.143. The van der Waals surface area contributed by atoms with E-state index in [0.29, 0.717) is 6.61 Å². The summed E-state index contributed by atoms with van der Waals surface area (Å²) in [6.45, 7) is 0.767. The molecule has 3 nitrogen and oxygen atoms in total. The summed E-state index contributed by atoms with van der Waals surface area (Å²) in [4.78, 5) is 2.02. The third-order valence-electron chi connectivity index (χ3n) is 3.40. The first-order valence-electron chi connectivity index (χ1n) is 6.60. The van der Waals surface area contributed by atoms with Gasteiger partial charge in [0.05, 0.1) is 13.2 Å². The number of rotatable bonds is 6. The Hall–Kier alpha value is -1.58. The highest BCUT2D eigenvalue weighted by atomic mass is 16.5. The zero-order valence-electron chi connectivity index (χ0n) is 11.5. The lowest BCUT2D eigenvalue weighted by Gasteiger charge is -2.22. The fraction of sp³-hybridized carbons (Fsp3) is 0.375. The van der Waals surface area contributed by atoms with Crippen LogP contribution in [-0.4, -0.2) is 43.4 Å². The molecule has 2 aromatic carbocycles. The van der Waals surface area contributed by atoms with Gasteiger partial charge in [-0.3, -0.25) is 0 Å². The summed E-state index contributed by atoms with van der Waals surface area (Å²) in [5.74, 6) is 0.911. The van der Waals surface area contributed by atoms with Crippen LogP contribution in [0.3, 0.4) is 0 Å². The van der Waals surface area contributed by atoms with Gasteiger partial charge in [-0.2, -0.15) is 0 Å². The average molecular weight is 259 g/mol. The van der Waals surface area contributed by atoms with E-state index in [1.165, 1.54) is 5.39 Å². The van der Waals surface area contributed by atoms with Crippen molar-refractivity contribution >= 4 is 10.8 Å². The van der Waals surface area contributed by atoms with Gasteiger partial charge in [0, 0.05) is 11.4 Å². The van der Waals surface area contributed by atoms with Crippen molar-refractivity contribution in [2.75, 3.05) is 27.3 Å². The molecule has 0 saturated carbocycles. The molecule has 102 valence electrons. The van der Waals surface area contributed by atoms with Crippen LogP contribution in [0.4, 0.5) is 0 Å². The minimum absolute atomic E-state index is 0.148. The number of likely N-dealkylation sites (N-methyl/N-ethyl adjacent to an activating group) is 1. The van der Waals surface area contributed by atoms with E-state index in [9.17, 15) is 5.11 Å². The fourth-order valence-corrected chi connectivity index (χ4v) is 2.14. The minimum Gasteiger partial charge on any atom is -0.493 e. The quantitative estimate of drug-likeness (QED) is 0.865. The third-order valence-corrected chi connectivity index (χ3v) is 3.40. The molecule has 0 amide bonds. The van der Waals surface area contributed by atoms with Gasteiger partial charge in [0.15, 0.2) is 0 Å². The molecule has 0 aliphatic rings. The molecule has 1 unspecified atom stereocenters. The maximum Gasteiger partial charge on any atom is 0.127 e. The number of benzene rings is 2. The van der Waals surface area contributed by atoms with Crippen molar-refractivity contribution in [2.45, 2.75) is 12.5 Å². The summed E-state index contributed by atoms with van der Waals surface area (Å²) in [5, 5.41) is 11.6. The smallest absolute Gasteiger partial charge is 0.127 e. The van der Waals surface area contributed by atoms with E-state index in [0.717, 1.165) is 17.6 Å². The minimum atomic E-state index is 0.148. The average Bonchev–Trinajstić information content (AvgIpc) is 2.43. The lowest BCUT2D eigenvalue weighted by atomic mass is 10.1. The molecule has 0 aliphatic heterocycles. The van der Waals surface area contributed by atoms with Crippen molar-refractivity contribution < 1.29 is 9.84 Å². The molecule has 19 heavy (non-hydrogen) atoms. The molecule has 0 aromatic heterocycles. The topological polar surface area (TPSA) is 32.7 Å². The maximum atomic E-state index is 9.27. The first kappa shape index (κ1) is 13.8. The molecular formula is C16H21NO2. The monoisotopic (exact) mass is 259 g/mol. The van der Waals surface area contributed by atoms with Crippen LogP contribution in [0.2, 0.25) is 0 Å². The highest BCUT2D eigenvalue weighted by Gasteiger charge is 2.10. The summed E-state index contributed by atoms with van der Waals surface area (Å²) in [5.41, 5.74) is 0. The second-order valence-corrected chi connectivity index (χ2v) is 4.91. The lowest BCUT2D eigenvalue weighted by Crippen LogP contribution is -2.32. The molecule has 2 aromatic rings. The molecule has 0 spiro atoms. The Morgan fingerprint density at radius 2 is 1.84 bits per heavy atom. The second-order valence-electron chi connectivity index (χ2n) is 4.91. The Morgan fingerprint density at radius 3 is 2.58 bits per heavy atom. The van der Waals surface area contributed by atoms with Crippen LogP contribution in [0.1, 0.15) is 6.42 Å². The fourth-order valence-electron chi connectivity index (χ4n) is 2.14. The maximum absolute atomic E-state index is 9.27. The number of aliphatic hydroxyl groups is 1. The van der Waals surface area contributed by atoms with Gasteiger partial charge in [0.2, 0.25) is 0 Å². The predicted molar refractivity (Wildman–Crippen MR) is 78.6 cm³/mol. The first-order chi connectivity index (χ1) is 9.22. The Labute approximate surface area is 114 Å². The number of nitrogens with zero attached hydrogens (tertiary/aromatic N) is 1. The highest BCUT2D eigenvalue weighted by molar-refractivity contribution is 5.88. The summed E-state index contributed by atoms with van der Waals surface area (Å²) in [7, 11) is 3.94. The van der Waals surface area contributed by atoms with Gasteiger partial charge >= 0.3 is 0 Å². The number of hydrogen-bond donors (Lipinski definition) is 1. The van der Waals surface area contributed by atoms with Crippen LogP contribution in [0.5, 0.6) is 5.75 Å². The largest absolute Gasteiger partial charge is 0.493 e. The van der Waals surface area contributed by atoms with Crippen LogP contribution >= 0.6 is 0 Å². The molecule has 0 bridgehead atoms. The summed E-state index contributed by atoms with van der Waals surface area (Å²) in [6, 6.07) is 14.4. The molecule has 3 heteroatoms. The summed E-state index contributed by atoms with van der Waals surface area (Å²) >= 11 is 0. The van der Waals surface area contributed by atoms with Crippen LogP contribution in [0, 0.1) is 0 Å². The van der Waals surface area contributed by atoms with E-state index >= 15 is 0 Å². The normalized spacial score (nSPS) is 12.8. The zero-order valence-corrected chi connectivity index (χ0v) is 11.5. The third kappa shape index (κ3) is 3.46. The van der Waals surface area contributed by atoms with Gasteiger partial charge in [-0.05, 0) is 32.0 Å². The van der Waals surface area contributed by atoms with Crippen LogP contribution in [0.25, 0.3) is 10.8 Å². The number of hydrogen-bond acceptors (Lipinski definition) is 3. The van der Waals surface area contributed by atoms with Gasteiger partial charge in [0.25, 0.3) is 0 Å². The molecule has 0 radical (unpaired) electrons. The van der Waals surface area contributed by atoms with Gasteiger partial charge in [0.1, 0.15) is 5.75 Å². The van der Waals surface area contributed by atoms with Crippen molar-refractivity contribution in [3.8, 4) is 5.75 Å². The molecule has 1 N–H and O–H groups in total.